The summed E-state index contributed by atoms with van der Waals surface area (Å²) < 4.78 is 1.80. The van der Waals surface area contributed by atoms with E-state index in [1.54, 1.807) is 10.7 Å². The molecule has 2 aromatic carbocycles. The number of aromatic nitrogens is 4. The molecule has 130 valence electrons. The molecule has 2 N–H and O–H groups in total. The molecule has 0 radical (unpaired) electrons. The van der Waals surface area contributed by atoms with Crippen molar-refractivity contribution in [3.8, 4) is 11.3 Å². The second kappa shape index (κ2) is 6.69. The van der Waals surface area contributed by atoms with Crippen LogP contribution in [0.5, 0.6) is 0 Å². The Morgan fingerprint density at radius 3 is 2.58 bits per heavy atom. The Morgan fingerprint density at radius 1 is 1.00 bits per heavy atom. The van der Waals surface area contributed by atoms with E-state index in [2.05, 4.69) is 48.2 Å². The van der Waals surface area contributed by atoms with Gasteiger partial charge in [-0.3, -0.25) is 4.98 Å². The van der Waals surface area contributed by atoms with E-state index in [4.69, 9.17) is 10.7 Å². The van der Waals surface area contributed by atoms with E-state index in [0.717, 1.165) is 28.3 Å². The van der Waals surface area contributed by atoms with Gasteiger partial charge in [0.15, 0.2) is 11.5 Å². The number of hydrogen-bond donors (Lipinski definition) is 1. The summed E-state index contributed by atoms with van der Waals surface area (Å²) in [6.45, 7) is 4.72. The number of rotatable bonds is 4. The summed E-state index contributed by atoms with van der Waals surface area (Å²) in [5.41, 5.74) is 13.2. The van der Waals surface area contributed by atoms with Crippen molar-refractivity contribution in [2.75, 3.05) is 0 Å². The highest BCUT2D eigenvalue weighted by atomic mass is 15.3. The molecule has 0 aliphatic carbocycles. The largest absolute Gasteiger partial charge is 0.326 e. The van der Waals surface area contributed by atoms with E-state index in [1.807, 2.05) is 24.4 Å². The maximum atomic E-state index is 5.77. The van der Waals surface area contributed by atoms with E-state index in [9.17, 15) is 0 Å². The number of hydrogen-bond acceptors (Lipinski definition) is 4. The molecule has 26 heavy (non-hydrogen) atoms. The molecule has 0 aliphatic rings. The molecule has 0 spiro atoms. The standard InChI is InChI=1S/C21H21N5/c1-14-8-15(2)10-17(9-14)12-19-24-21-20(23-6-7-26(21)25-19)18-5-3-4-16(11-18)13-22/h3-11H,12-13,22H2,1-2H3. The highest BCUT2D eigenvalue weighted by molar-refractivity contribution is 5.73. The molecule has 0 aliphatic heterocycles. The molecule has 0 saturated carbocycles. The molecule has 0 unspecified atom stereocenters. The number of nitrogens with zero attached hydrogens (tertiary/aromatic N) is 4. The second-order valence-corrected chi connectivity index (χ2v) is 6.65. The van der Waals surface area contributed by atoms with Crippen LogP contribution in [0, 0.1) is 13.8 Å². The van der Waals surface area contributed by atoms with Gasteiger partial charge in [0.05, 0.1) is 0 Å². The lowest BCUT2D eigenvalue weighted by molar-refractivity contribution is 0.893. The van der Waals surface area contributed by atoms with Crippen LogP contribution in [0.25, 0.3) is 16.9 Å². The van der Waals surface area contributed by atoms with Crippen LogP contribution in [0.1, 0.15) is 28.1 Å². The molecule has 0 saturated heterocycles. The zero-order valence-corrected chi connectivity index (χ0v) is 15.0. The molecule has 4 aromatic rings. The van der Waals surface area contributed by atoms with Crippen LogP contribution in [0.3, 0.4) is 0 Å². The zero-order chi connectivity index (χ0) is 18.1. The first-order valence-electron chi connectivity index (χ1n) is 8.69. The Kier molecular flexibility index (Phi) is 4.22. The Labute approximate surface area is 152 Å². The monoisotopic (exact) mass is 343 g/mol. The van der Waals surface area contributed by atoms with Gasteiger partial charge in [-0.05, 0) is 31.0 Å². The van der Waals surface area contributed by atoms with Gasteiger partial charge in [-0.1, -0.05) is 47.5 Å². The molecule has 0 fully saturated rings. The molecule has 0 atom stereocenters. The van der Waals surface area contributed by atoms with Crippen molar-refractivity contribution in [1.82, 2.24) is 19.6 Å². The number of nitrogens with two attached hydrogens (primary N) is 1. The lowest BCUT2D eigenvalue weighted by Gasteiger charge is -2.04. The summed E-state index contributed by atoms with van der Waals surface area (Å²) >= 11 is 0. The Morgan fingerprint density at radius 2 is 1.81 bits per heavy atom. The van der Waals surface area contributed by atoms with Crippen LogP contribution in [0.4, 0.5) is 0 Å². The maximum absolute atomic E-state index is 5.77. The summed E-state index contributed by atoms with van der Waals surface area (Å²) in [6.07, 6.45) is 4.29. The molecular formula is C21H21N5. The van der Waals surface area contributed by atoms with E-state index < -0.39 is 0 Å². The van der Waals surface area contributed by atoms with Gasteiger partial charge in [0.1, 0.15) is 5.69 Å². The van der Waals surface area contributed by atoms with Gasteiger partial charge in [-0.25, -0.2) is 9.50 Å². The Bertz CT molecular complexity index is 1060. The van der Waals surface area contributed by atoms with Crippen molar-refractivity contribution < 1.29 is 0 Å². The molecule has 2 aromatic heterocycles. The fourth-order valence-corrected chi connectivity index (χ4v) is 3.34. The third-order valence-electron chi connectivity index (χ3n) is 4.38. The number of fused-ring (bicyclic) bond motifs is 1. The minimum atomic E-state index is 0.502. The first-order chi connectivity index (χ1) is 12.6. The van der Waals surface area contributed by atoms with E-state index in [1.165, 1.54) is 16.7 Å². The third kappa shape index (κ3) is 3.21. The van der Waals surface area contributed by atoms with E-state index >= 15 is 0 Å². The molecule has 0 amide bonds. The van der Waals surface area contributed by atoms with Crippen molar-refractivity contribution in [3.63, 3.8) is 0 Å². The molecular weight excluding hydrogens is 322 g/mol. The van der Waals surface area contributed by atoms with Gasteiger partial charge >= 0.3 is 0 Å². The molecule has 5 nitrogen and oxygen atoms in total. The predicted octanol–water partition coefficient (Wildman–Crippen LogP) is 3.46. The second-order valence-electron chi connectivity index (χ2n) is 6.65. The van der Waals surface area contributed by atoms with Gasteiger partial charge in [-0.2, -0.15) is 5.10 Å². The molecule has 2 heterocycles. The fourth-order valence-electron chi connectivity index (χ4n) is 3.34. The fraction of sp³-hybridized carbons (Fsp3) is 0.190. The highest BCUT2D eigenvalue weighted by Crippen LogP contribution is 2.22. The number of benzene rings is 2. The van der Waals surface area contributed by atoms with Crippen molar-refractivity contribution >= 4 is 5.65 Å². The quantitative estimate of drug-likeness (QED) is 0.616. The van der Waals surface area contributed by atoms with Crippen molar-refractivity contribution in [2.45, 2.75) is 26.8 Å². The van der Waals surface area contributed by atoms with E-state index in [-0.39, 0.29) is 0 Å². The van der Waals surface area contributed by atoms with Crippen LogP contribution in [0.2, 0.25) is 0 Å². The topological polar surface area (TPSA) is 69.1 Å². The van der Waals surface area contributed by atoms with Crippen LogP contribution >= 0.6 is 0 Å². The van der Waals surface area contributed by atoms with Gasteiger partial charge in [0.2, 0.25) is 0 Å². The summed E-state index contributed by atoms with van der Waals surface area (Å²) in [7, 11) is 0. The minimum Gasteiger partial charge on any atom is -0.326 e. The molecule has 4 rings (SSSR count). The van der Waals surface area contributed by atoms with Crippen molar-refractivity contribution in [1.29, 1.82) is 0 Å². The van der Waals surface area contributed by atoms with Crippen LogP contribution in [0.15, 0.2) is 54.9 Å². The Hall–Kier alpha value is -3.05. The predicted molar refractivity (Wildman–Crippen MR) is 103 cm³/mol. The smallest absolute Gasteiger partial charge is 0.181 e. The van der Waals surface area contributed by atoms with Crippen molar-refractivity contribution in [3.05, 3.63) is 82.9 Å². The third-order valence-corrected chi connectivity index (χ3v) is 4.38. The maximum Gasteiger partial charge on any atom is 0.181 e. The van der Waals surface area contributed by atoms with Crippen LogP contribution < -0.4 is 5.73 Å². The summed E-state index contributed by atoms with van der Waals surface area (Å²) in [4.78, 5) is 9.29. The Balaban J connectivity index is 1.75. The summed E-state index contributed by atoms with van der Waals surface area (Å²) in [5.74, 6) is 0.791. The normalized spacial score (nSPS) is 11.2. The summed E-state index contributed by atoms with van der Waals surface area (Å²) in [5, 5.41) is 4.64. The van der Waals surface area contributed by atoms with Crippen LogP contribution in [-0.4, -0.2) is 19.6 Å². The molecule has 5 heteroatoms. The lowest BCUT2D eigenvalue weighted by Crippen LogP contribution is -1.97. The molecule has 0 bridgehead atoms. The lowest BCUT2D eigenvalue weighted by atomic mass is 10.1. The summed E-state index contributed by atoms with van der Waals surface area (Å²) in [6, 6.07) is 14.6. The average molecular weight is 343 g/mol. The number of aryl methyl sites for hydroxylation is 2. The highest BCUT2D eigenvalue weighted by Gasteiger charge is 2.12. The van der Waals surface area contributed by atoms with Crippen LogP contribution in [-0.2, 0) is 13.0 Å². The zero-order valence-electron chi connectivity index (χ0n) is 15.0. The minimum absolute atomic E-state index is 0.502. The van der Waals surface area contributed by atoms with Gasteiger partial charge < -0.3 is 5.73 Å². The van der Waals surface area contributed by atoms with E-state index in [0.29, 0.717) is 13.0 Å². The first kappa shape index (κ1) is 16.4. The van der Waals surface area contributed by atoms with Crippen molar-refractivity contribution in [2.24, 2.45) is 5.73 Å². The first-order valence-corrected chi connectivity index (χ1v) is 8.69. The van der Waals surface area contributed by atoms with Gasteiger partial charge in [0.25, 0.3) is 0 Å². The SMILES string of the molecule is Cc1cc(C)cc(Cc2nc3c(-c4cccc(CN)c4)nccn3n2)c1. The average Bonchev–Trinajstić information content (AvgIpc) is 3.03. The van der Waals surface area contributed by atoms with Gasteiger partial charge in [0, 0.05) is 30.9 Å². The van der Waals surface area contributed by atoms with Gasteiger partial charge in [-0.15, -0.1) is 0 Å².